The minimum atomic E-state index is -0.839. The van der Waals surface area contributed by atoms with E-state index in [9.17, 15) is 5.11 Å². The van der Waals surface area contributed by atoms with Crippen LogP contribution in [0.5, 0.6) is 0 Å². The molecule has 2 heterocycles. The van der Waals surface area contributed by atoms with Crippen LogP contribution in [0.1, 0.15) is 59.8 Å². The molecule has 0 amide bonds. The fraction of sp³-hybridized carbons (Fsp3) is 1.00. The fourth-order valence-corrected chi connectivity index (χ4v) is 4.91. The van der Waals surface area contributed by atoms with Crippen molar-refractivity contribution < 1.29 is 9.84 Å². The average molecular weight is 238 g/mol. The van der Waals surface area contributed by atoms with Crippen LogP contribution in [-0.4, -0.2) is 17.0 Å². The van der Waals surface area contributed by atoms with Gasteiger partial charge >= 0.3 is 0 Å². The van der Waals surface area contributed by atoms with Gasteiger partial charge in [0.05, 0.1) is 6.10 Å². The second-order valence-electron chi connectivity index (χ2n) is 7.50. The van der Waals surface area contributed by atoms with E-state index in [-0.39, 0.29) is 16.9 Å². The van der Waals surface area contributed by atoms with Crippen LogP contribution >= 0.6 is 0 Å². The molecule has 5 atom stereocenters. The van der Waals surface area contributed by atoms with Crippen molar-refractivity contribution in [3.8, 4) is 0 Å². The molecule has 0 aromatic rings. The molecule has 4 bridgehead atoms. The third kappa shape index (κ3) is 1.29. The SMILES string of the molecule is CC(C)[C@H]1C[C@]2(C)[C@@]3(C)CCC[C@@]2(O)O[C@@H]1C3. The third-order valence-corrected chi connectivity index (χ3v) is 6.41. The second kappa shape index (κ2) is 3.27. The van der Waals surface area contributed by atoms with Gasteiger partial charge < -0.3 is 9.84 Å². The van der Waals surface area contributed by atoms with Gasteiger partial charge in [0.2, 0.25) is 0 Å². The molecule has 0 radical (unpaired) electrons. The summed E-state index contributed by atoms with van der Waals surface area (Å²) in [6, 6.07) is 0. The van der Waals surface area contributed by atoms with Crippen molar-refractivity contribution in [2.45, 2.75) is 71.7 Å². The van der Waals surface area contributed by atoms with E-state index >= 15 is 0 Å². The second-order valence-corrected chi connectivity index (χ2v) is 7.50. The number of hydrogen-bond acceptors (Lipinski definition) is 2. The van der Waals surface area contributed by atoms with E-state index in [1.165, 1.54) is 6.42 Å². The van der Waals surface area contributed by atoms with Crippen LogP contribution in [0.15, 0.2) is 0 Å². The van der Waals surface area contributed by atoms with Crippen molar-refractivity contribution in [1.82, 2.24) is 0 Å². The summed E-state index contributed by atoms with van der Waals surface area (Å²) in [7, 11) is 0. The molecule has 2 saturated carbocycles. The Hall–Kier alpha value is -0.0800. The number of aliphatic hydroxyl groups is 1. The van der Waals surface area contributed by atoms with Crippen molar-refractivity contribution in [3.63, 3.8) is 0 Å². The van der Waals surface area contributed by atoms with Crippen molar-refractivity contribution >= 4 is 0 Å². The molecular weight excluding hydrogens is 212 g/mol. The van der Waals surface area contributed by atoms with E-state index < -0.39 is 5.79 Å². The maximum Gasteiger partial charge on any atom is 0.171 e. The Morgan fingerprint density at radius 1 is 1.18 bits per heavy atom. The summed E-state index contributed by atoms with van der Waals surface area (Å²) in [5, 5.41) is 10.9. The van der Waals surface area contributed by atoms with Crippen molar-refractivity contribution in [1.29, 1.82) is 0 Å². The smallest absolute Gasteiger partial charge is 0.171 e. The first kappa shape index (κ1) is 12.0. The van der Waals surface area contributed by atoms with E-state index in [1.807, 2.05) is 0 Å². The average Bonchev–Trinajstić information content (AvgIpc) is 2.18. The van der Waals surface area contributed by atoms with Gasteiger partial charge in [-0.25, -0.2) is 0 Å². The molecule has 2 aliphatic heterocycles. The molecule has 0 aromatic carbocycles. The molecule has 2 aliphatic carbocycles. The van der Waals surface area contributed by atoms with Crippen LogP contribution in [0.2, 0.25) is 0 Å². The van der Waals surface area contributed by atoms with Crippen LogP contribution < -0.4 is 0 Å². The van der Waals surface area contributed by atoms with Gasteiger partial charge in [-0.2, -0.15) is 0 Å². The first-order valence-electron chi connectivity index (χ1n) is 7.22. The van der Waals surface area contributed by atoms with Gasteiger partial charge in [-0.05, 0) is 42.9 Å². The molecule has 17 heavy (non-hydrogen) atoms. The summed E-state index contributed by atoms with van der Waals surface area (Å²) < 4.78 is 6.14. The number of ether oxygens (including phenoxy) is 1. The molecule has 4 fully saturated rings. The number of fused-ring (bicyclic) bond motifs is 1. The molecule has 2 nitrogen and oxygen atoms in total. The maximum absolute atomic E-state index is 10.9. The summed E-state index contributed by atoms with van der Waals surface area (Å²) in [6.45, 7) is 9.24. The highest BCUT2D eigenvalue weighted by Gasteiger charge is 2.69. The summed E-state index contributed by atoms with van der Waals surface area (Å²) in [6.07, 6.45) is 5.78. The zero-order valence-corrected chi connectivity index (χ0v) is 11.6. The highest BCUT2D eigenvalue weighted by atomic mass is 16.6. The third-order valence-electron chi connectivity index (χ3n) is 6.41. The van der Waals surface area contributed by atoms with Crippen molar-refractivity contribution in [2.24, 2.45) is 22.7 Å². The lowest BCUT2D eigenvalue weighted by Crippen LogP contribution is -2.71. The molecule has 98 valence electrons. The van der Waals surface area contributed by atoms with E-state index in [2.05, 4.69) is 27.7 Å². The lowest BCUT2D eigenvalue weighted by molar-refractivity contribution is -0.409. The molecule has 0 aromatic heterocycles. The minimum Gasteiger partial charge on any atom is -0.365 e. The Morgan fingerprint density at radius 2 is 1.88 bits per heavy atom. The Labute approximate surface area is 105 Å². The van der Waals surface area contributed by atoms with E-state index in [0.29, 0.717) is 11.8 Å². The lowest BCUT2D eigenvalue weighted by atomic mass is 9.44. The molecule has 2 heteroatoms. The fourth-order valence-electron chi connectivity index (χ4n) is 4.91. The quantitative estimate of drug-likeness (QED) is 0.759. The Balaban J connectivity index is 2.02. The molecule has 4 aliphatic rings. The van der Waals surface area contributed by atoms with Gasteiger partial charge in [0.25, 0.3) is 0 Å². The molecule has 0 unspecified atom stereocenters. The Kier molecular flexibility index (Phi) is 2.30. The molecule has 2 saturated heterocycles. The van der Waals surface area contributed by atoms with Crippen molar-refractivity contribution in [3.05, 3.63) is 0 Å². The predicted octanol–water partition coefficient (Wildman–Crippen LogP) is 3.34. The molecular formula is C15H26O2. The highest BCUT2D eigenvalue weighted by molar-refractivity contribution is 5.14. The van der Waals surface area contributed by atoms with Crippen LogP contribution in [0.4, 0.5) is 0 Å². The first-order valence-corrected chi connectivity index (χ1v) is 7.22. The highest BCUT2D eigenvalue weighted by Crippen LogP contribution is 2.69. The summed E-state index contributed by atoms with van der Waals surface area (Å²) in [5.74, 6) is 0.452. The monoisotopic (exact) mass is 238 g/mol. The van der Waals surface area contributed by atoms with Gasteiger partial charge in [0, 0.05) is 11.8 Å². The summed E-state index contributed by atoms with van der Waals surface area (Å²) in [5.41, 5.74) is 0.246. The number of rotatable bonds is 1. The van der Waals surface area contributed by atoms with E-state index in [1.54, 1.807) is 0 Å². The van der Waals surface area contributed by atoms with Gasteiger partial charge in [-0.1, -0.05) is 27.7 Å². The first-order chi connectivity index (χ1) is 7.81. The zero-order valence-electron chi connectivity index (χ0n) is 11.6. The minimum absolute atomic E-state index is 0.0397. The van der Waals surface area contributed by atoms with E-state index in [4.69, 9.17) is 4.74 Å². The van der Waals surface area contributed by atoms with Crippen LogP contribution in [0, 0.1) is 22.7 Å². The number of hydrogen-bond donors (Lipinski definition) is 1. The molecule has 0 spiro atoms. The van der Waals surface area contributed by atoms with E-state index in [0.717, 1.165) is 25.7 Å². The lowest BCUT2D eigenvalue weighted by Gasteiger charge is -2.69. The van der Waals surface area contributed by atoms with Crippen LogP contribution in [0.3, 0.4) is 0 Å². The standard InChI is InChI=1S/C15H26O2/c1-10(2)11-8-14(4)13(3)6-5-7-15(14,16)17-12(11)9-13/h10-12,16H,5-9H2,1-4H3/t11-,12-,13+,14-,15-/m1/s1. The largest absolute Gasteiger partial charge is 0.365 e. The van der Waals surface area contributed by atoms with Gasteiger partial charge in [-0.15, -0.1) is 0 Å². The molecule has 1 N–H and O–H groups in total. The topological polar surface area (TPSA) is 29.5 Å². The Bertz CT molecular complexity index is 318. The van der Waals surface area contributed by atoms with Crippen LogP contribution in [0.25, 0.3) is 0 Å². The van der Waals surface area contributed by atoms with Crippen LogP contribution in [-0.2, 0) is 4.74 Å². The van der Waals surface area contributed by atoms with Gasteiger partial charge in [0.15, 0.2) is 5.79 Å². The normalized spacial score (nSPS) is 57.5. The van der Waals surface area contributed by atoms with Gasteiger partial charge in [0.1, 0.15) is 0 Å². The zero-order chi connectivity index (χ0) is 12.5. The Morgan fingerprint density at radius 3 is 2.47 bits per heavy atom. The van der Waals surface area contributed by atoms with Crippen molar-refractivity contribution in [2.75, 3.05) is 0 Å². The summed E-state index contributed by atoms with van der Waals surface area (Å²) >= 11 is 0. The predicted molar refractivity (Wildman–Crippen MR) is 67.4 cm³/mol. The van der Waals surface area contributed by atoms with Gasteiger partial charge in [-0.3, -0.25) is 0 Å². The summed E-state index contributed by atoms with van der Waals surface area (Å²) in [4.78, 5) is 0. The molecule has 4 rings (SSSR count). The maximum atomic E-state index is 10.9.